The Hall–Kier alpha value is -3.33. The number of halogens is 1. The third kappa shape index (κ3) is 5.85. The molecule has 0 atom stereocenters. The molecule has 0 aliphatic heterocycles. The predicted molar refractivity (Wildman–Crippen MR) is 103 cm³/mol. The molecular weight excluding hydrogens is 383 g/mol. The van der Waals surface area contributed by atoms with Gasteiger partial charge >= 0.3 is 0 Å². The molecule has 2 amide bonds. The minimum Gasteiger partial charge on any atom is -0.484 e. The van der Waals surface area contributed by atoms with E-state index in [1.165, 1.54) is 23.5 Å². The summed E-state index contributed by atoms with van der Waals surface area (Å²) >= 11 is 1.24. The maximum absolute atomic E-state index is 12.9. The molecule has 2 aromatic carbocycles. The van der Waals surface area contributed by atoms with Gasteiger partial charge in [-0.25, -0.2) is 4.39 Å². The number of hydrogen-bond acceptors (Lipinski definition) is 6. The number of aromatic nitrogens is 2. The van der Waals surface area contributed by atoms with Crippen molar-refractivity contribution in [1.82, 2.24) is 10.2 Å². The number of carbonyl (C=O) groups is 2. The van der Waals surface area contributed by atoms with Crippen LogP contribution in [-0.2, 0) is 22.4 Å². The van der Waals surface area contributed by atoms with E-state index in [9.17, 15) is 14.0 Å². The first-order valence-electron chi connectivity index (χ1n) is 8.34. The van der Waals surface area contributed by atoms with Crippen LogP contribution in [0.2, 0.25) is 0 Å². The molecular formula is C19H17FN4O3S. The number of carbonyl (C=O) groups excluding carboxylic acids is 2. The summed E-state index contributed by atoms with van der Waals surface area (Å²) in [6.45, 7) is -0.192. The summed E-state index contributed by atoms with van der Waals surface area (Å²) in [4.78, 5) is 22.9. The summed E-state index contributed by atoms with van der Waals surface area (Å²) in [7, 11) is 0. The van der Waals surface area contributed by atoms with Gasteiger partial charge in [-0.15, -0.1) is 10.2 Å². The van der Waals surface area contributed by atoms with E-state index in [2.05, 4.69) is 15.5 Å². The van der Waals surface area contributed by atoms with Crippen LogP contribution in [0.3, 0.4) is 0 Å². The zero-order valence-corrected chi connectivity index (χ0v) is 15.5. The maximum Gasteiger partial charge on any atom is 0.264 e. The molecule has 0 saturated carbocycles. The van der Waals surface area contributed by atoms with Gasteiger partial charge in [-0.05, 0) is 35.4 Å². The molecule has 0 spiro atoms. The largest absolute Gasteiger partial charge is 0.484 e. The van der Waals surface area contributed by atoms with E-state index in [0.717, 1.165) is 11.1 Å². The third-order valence-corrected chi connectivity index (χ3v) is 4.49. The van der Waals surface area contributed by atoms with Crippen LogP contribution in [0.25, 0.3) is 0 Å². The standard InChI is InChI=1S/C19H17FN4O3S/c20-14-5-1-13(2-6-14)10-18-23-24-19(28-18)22-17(26)11-27-15-7-3-12(4-8-15)9-16(21)25/h1-8H,9-11H2,(H2,21,25)(H,22,24,26). The normalized spacial score (nSPS) is 10.5. The zero-order chi connectivity index (χ0) is 19.9. The lowest BCUT2D eigenvalue weighted by atomic mass is 10.1. The summed E-state index contributed by atoms with van der Waals surface area (Å²) < 4.78 is 18.3. The van der Waals surface area contributed by atoms with Crippen molar-refractivity contribution in [2.45, 2.75) is 12.8 Å². The smallest absolute Gasteiger partial charge is 0.264 e. The highest BCUT2D eigenvalue weighted by atomic mass is 32.1. The highest BCUT2D eigenvalue weighted by Gasteiger charge is 2.10. The van der Waals surface area contributed by atoms with Crippen molar-refractivity contribution in [2.75, 3.05) is 11.9 Å². The first-order chi connectivity index (χ1) is 13.5. The number of anilines is 1. The highest BCUT2D eigenvalue weighted by Crippen LogP contribution is 2.19. The summed E-state index contributed by atoms with van der Waals surface area (Å²) in [5.74, 6) is -0.580. The maximum atomic E-state index is 12.9. The van der Waals surface area contributed by atoms with Gasteiger partial charge < -0.3 is 10.5 Å². The second-order valence-corrected chi connectivity index (χ2v) is 6.99. The van der Waals surface area contributed by atoms with Gasteiger partial charge in [0.25, 0.3) is 5.91 Å². The van der Waals surface area contributed by atoms with Gasteiger partial charge in [-0.1, -0.05) is 35.6 Å². The quantitative estimate of drug-likeness (QED) is 0.603. The Balaban J connectivity index is 1.47. The van der Waals surface area contributed by atoms with Gasteiger partial charge in [0.15, 0.2) is 6.61 Å². The van der Waals surface area contributed by atoms with Gasteiger partial charge in [0.2, 0.25) is 11.0 Å². The molecule has 7 nitrogen and oxygen atoms in total. The number of amides is 2. The number of hydrogen-bond donors (Lipinski definition) is 2. The second-order valence-electron chi connectivity index (χ2n) is 5.93. The lowest BCUT2D eigenvalue weighted by Gasteiger charge is -2.06. The topological polar surface area (TPSA) is 107 Å². The average Bonchev–Trinajstić information content (AvgIpc) is 3.09. The van der Waals surface area contributed by atoms with Gasteiger partial charge in [0.05, 0.1) is 6.42 Å². The molecule has 9 heteroatoms. The Kier molecular flexibility index (Phi) is 6.28. The fourth-order valence-corrected chi connectivity index (χ4v) is 3.15. The van der Waals surface area contributed by atoms with Gasteiger partial charge in [-0.2, -0.15) is 0 Å². The second kappa shape index (κ2) is 9.05. The molecule has 0 aliphatic rings. The summed E-state index contributed by atoms with van der Waals surface area (Å²) in [5.41, 5.74) is 6.81. The Morgan fingerprint density at radius 2 is 1.71 bits per heavy atom. The minimum absolute atomic E-state index is 0.151. The first-order valence-corrected chi connectivity index (χ1v) is 9.16. The molecule has 28 heavy (non-hydrogen) atoms. The van der Waals surface area contributed by atoms with E-state index in [-0.39, 0.29) is 24.8 Å². The molecule has 3 rings (SSSR count). The number of nitrogens with one attached hydrogen (secondary N) is 1. The number of ether oxygens (including phenoxy) is 1. The van der Waals surface area contributed by atoms with E-state index < -0.39 is 5.91 Å². The lowest BCUT2D eigenvalue weighted by molar-refractivity contribution is -0.118. The third-order valence-electron chi connectivity index (χ3n) is 3.65. The number of nitrogens with two attached hydrogens (primary N) is 1. The molecule has 1 heterocycles. The van der Waals surface area contributed by atoms with Crippen LogP contribution in [0.5, 0.6) is 5.75 Å². The van der Waals surface area contributed by atoms with Crippen LogP contribution in [0.4, 0.5) is 9.52 Å². The Labute approximate surface area is 164 Å². The van der Waals surface area contributed by atoms with E-state index in [1.807, 2.05) is 0 Å². The van der Waals surface area contributed by atoms with E-state index in [4.69, 9.17) is 10.5 Å². The molecule has 0 bridgehead atoms. The van der Waals surface area contributed by atoms with Crippen LogP contribution in [-0.4, -0.2) is 28.6 Å². The van der Waals surface area contributed by atoms with Gasteiger partial charge in [-0.3, -0.25) is 14.9 Å². The van der Waals surface area contributed by atoms with Crippen molar-refractivity contribution in [3.63, 3.8) is 0 Å². The van der Waals surface area contributed by atoms with E-state index in [1.54, 1.807) is 36.4 Å². The van der Waals surface area contributed by atoms with Crippen molar-refractivity contribution in [1.29, 1.82) is 0 Å². The van der Waals surface area contributed by atoms with Crippen LogP contribution in [0.15, 0.2) is 48.5 Å². The van der Waals surface area contributed by atoms with Gasteiger partial charge in [0, 0.05) is 6.42 Å². The molecule has 0 unspecified atom stereocenters. The molecule has 0 saturated heterocycles. The number of rotatable bonds is 8. The van der Waals surface area contributed by atoms with Crippen LogP contribution in [0, 0.1) is 5.82 Å². The minimum atomic E-state index is -0.413. The van der Waals surface area contributed by atoms with E-state index >= 15 is 0 Å². The fourth-order valence-electron chi connectivity index (χ4n) is 2.36. The zero-order valence-electron chi connectivity index (χ0n) is 14.7. The number of nitrogens with zero attached hydrogens (tertiary/aromatic N) is 2. The summed E-state index contributed by atoms with van der Waals surface area (Å²) in [6.07, 6.45) is 0.653. The Morgan fingerprint density at radius 3 is 2.39 bits per heavy atom. The molecule has 0 fully saturated rings. The number of primary amides is 1. The molecule has 1 aromatic heterocycles. The fraction of sp³-hybridized carbons (Fsp3) is 0.158. The van der Waals surface area contributed by atoms with Crippen molar-refractivity contribution >= 4 is 28.3 Å². The number of benzene rings is 2. The lowest BCUT2D eigenvalue weighted by Crippen LogP contribution is -2.20. The first kappa shape index (κ1) is 19.4. The SMILES string of the molecule is NC(=O)Cc1ccc(OCC(=O)Nc2nnc(Cc3ccc(F)cc3)s2)cc1. The molecule has 144 valence electrons. The molecule has 0 radical (unpaired) electrons. The Morgan fingerprint density at radius 1 is 1.04 bits per heavy atom. The van der Waals surface area contributed by atoms with Crippen molar-refractivity contribution < 1.29 is 18.7 Å². The summed E-state index contributed by atoms with van der Waals surface area (Å²) in [5, 5.41) is 11.6. The average molecular weight is 400 g/mol. The van der Waals surface area contributed by atoms with Crippen LogP contribution >= 0.6 is 11.3 Å². The van der Waals surface area contributed by atoms with Crippen molar-refractivity contribution in [3.05, 3.63) is 70.5 Å². The van der Waals surface area contributed by atoms with Crippen LogP contribution in [0.1, 0.15) is 16.1 Å². The van der Waals surface area contributed by atoms with E-state index in [0.29, 0.717) is 22.3 Å². The summed E-state index contributed by atoms with van der Waals surface area (Å²) in [6, 6.07) is 12.9. The van der Waals surface area contributed by atoms with Crippen molar-refractivity contribution in [3.8, 4) is 5.75 Å². The molecule has 3 aromatic rings. The monoisotopic (exact) mass is 400 g/mol. The predicted octanol–water partition coefficient (Wildman–Crippen LogP) is 2.31. The van der Waals surface area contributed by atoms with Crippen LogP contribution < -0.4 is 15.8 Å². The molecule has 3 N–H and O–H groups in total. The Bertz CT molecular complexity index is 958. The van der Waals surface area contributed by atoms with Crippen molar-refractivity contribution in [2.24, 2.45) is 5.73 Å². The molecule has 0 aliphatic carbocycles. The van der Waals surface area contributed by atoms with Gasteiger partial charge in [0.1, 0.15) is 16.6 Å². The highest BCUT2D eigenvalue weighted by molar-refractivity contribution is 7.15.